The molecule has 0 aromatic heterocycles. The molecule has 4 N–H and O–H groups in total. The molecule has 4 aromatic rings. The van der Waals surface area contributed by atoms with E-state index in [1.807, 2.05) is 36.4 Å². The number of amides is 1. The molecule has 0 saturated carbocycles. The van der Waals surface area contributed by atoms with E-state index in [0.29, 0.717) is 41.4 Å². The molecule has 1 aliphatic heterocycles. The topological polar surface area (TPSA) is 129 Å². The van der Waals surface area contributed by atoms with Crippen LogP contribution in [0.4, 0.5) is 28.4 Å². The molecule has 9 heteroatoms. The number of benzene rings is 4. The fourth-order valence-corrected chi connectivity index (χ4v) is 4.22. The molecule has 4 aromatic carbocycles. The highest BCUT2D eigenvalue weighted by atomic mass is 16.6. The van der Waals surface area contributed by atoms with Crippen molar-refractivity contribution in [2.75, 3.05) is 30.1 Å². The maximum atomic E-state index is 13.0. The van der Waals surface area contributed by atoms with E-state index >= 15 is 0 Å². The molecular weight excluding hydrogens is 472 g/mol. The quantitative estimate of drug-likeness (QED) is 0.168. The second-order valence-corrected chi connectivity index (χ2v) is 8.53. The second-order valence-electron chi connectivity index (χ2n) is 8.53. The zero-order chi connectivity index (χ0) is 25.9. The van der Waals surface area contributed by atoms with Crippen LogP contribution in [-0.4, -0.2) is 24.5 Å². The van der Waals surface area contributed by atoms with Crippen LogP contribution in [0.5, 0.6) is 11.5 Å². The lowest BCUT2D eigenvalue weighted by molar-refractivity contribution is -0.385. The summed E-state index contributed by atoms with van der Waals surface area (Å²) < 4.78 is 11.0. The zero-order valence-electron chi connectivity index (χ0n) is 20.0. The number of rotatable bonds is 7. The highest BCUT2D eigenvalue weighted by Crippen LogP contribution is 2.37. The number of nitrogens with zero attached hydrogens (tertiary/aromatic N) is 1. The molecule has 1 amide bonds. The van der Waals surface area contributed by atoms with Gasteiger partial charge in [-0.05, 0) is 65.2 Å². The summed E-state index contributed by atoms with van der Waals surface area (Å²) in [5.74, 6) is 0.643. The molecule has 0 atom stereocenters. The average Bonchev–Trinajstić information content (AvgIpc) is 3.03. The van der Waals surface area contributed by atoms with Gasteiger partial charge in [0, 0.05) is 24.2 Å². The summed E-state index contributed by atoms with van der Waals surface area (Å²) >= 11 is 0. The standard InChI is InChI=1S/C28H24N4O5/c1-36-27-15-19(7-10-26(27)32(34)35)18-6-8-22-24(14-18)30-23-9-5-17(13-25(23)31-28(22)33)11-12-37-21-4-2-3-20(29)16-21/h2-10,13-16,30H,11-12,29H2,1H3,(H,31,33). The molecule has 186 valence electrons. The van der Waals surface area contributed by atoms with Gasteiger partial charge in [0.1, 0.15) is 5.75 Å². The molecule has 1 heterocycles. The number of nitro benzene ring substituents is 1. The first-order valence-electron chi connectivity index (χ1n) is 11.6. The molecular formula is C28H24N4O5. The number of methoxy groups -OCH3 is 1. The molecule has 0 bridgehead atoms. The first-order valence-corrected chi connectivity index (χ1v) is 11.6. The van der Waals surface area contributed by atoms with E-state index < -0.39 is 4.92 Å². The molecule has 0 radical (unpaired) electrons. The van der Waals surface area contributed by atoms with E-state index in [4.69, 9.17) is 15.2 Å². The number of carbonyl (C=O) groups is 1. The summed E-state index contributed by atoms with van der Waals surface area (Å²) in [7, 11) is 1.39. The van der Waals surface area contributed by atoms with E-state index in [1.54, 1.807) is 36.4 Å². The fraction of sp³-hybridized carbons (Fsp3) is 0.107. The van der Waals surface area contributed by atoms with Crippen LogP contribution in [0.15, 0.2) is 78.9 Å². The molecule has 0 fully saturated rings. The van der Waals surface area contributed by atoms with Gasteiger partial charge < -0.3 is 25.8 Å². The first kappa shape index (κ1) is 23.7. The van der Waals surface area contributed by atoms with Crippen LogP contribution in [0.25, 0.3) is 11.1 Å². The Kier molecular flexibility index (Phi) is 6.34. The Bertz CT molecular complexity index is 1520. The van der Waals surface area contributed by atoms with Crippen molar-refractivity contribution in [3.63, 3.8) is 0 Å². The number of ether oxygens (including phenoxy) is 2. The SMILES string of the molecule is COc1cc(-c2ccc3c(c2)Nc2ccc(CCOc4cccc(N)c4)cc2NC3=O)ccc1[N+](=O)[O-]. The van der Waals surface area contributed by atoms with Gasteiger partial charge in [-0.2, -0.15) is 0 Å². The Morgan fingerprint density at radius 3 is 2.49 bits per heavy atom. The number of anilines is 4. The Hall–Kier alpha value is -5.05. The Balaban J connectivity index is 1.36. The highest BCUT2D eigenvalue weighted by Gasteiger charge is 2.21. The second kappa shape index (κ2) is 9.90. The van der Waals surface area contributed by atoms with Gasteiger partial charge in [0.25, 0.3) is 5.91 Å². The number of nitrogens with one attached hydrogen (secondary N) is 2. The minimum Gasteiger partial charge on any atom is -0.493 e. The smallest absolute Gasteiger partial charge is 0.310 e. The summed E-state index contributed by atoms with van der Waals surface area (Å²) in [4.78, 5) is 23.7. The van der Waals surface area contributed by atoms with Gasteiger partial charge >= 0.3 is 5.69 Å². The lowest BCUT2D eigenvalue weighted by Gasteiger charge is -2.12. The van der Waals surface area contributed by atoms with Crippen molar-refractivity contribution in [3.8, 4) is 22.6 Å². The maximum absolute atomic E-state index is 13.0. The van der Waals surface area contributed by atoms with E-state index in [2.05, 4.69) is 10.6 Å². The molecule has 9 nitrogen and oxygen atoms in total. The number of nitro groups is 1. The summed E-state index contributed by atoms with van der Waals surface area (Å²) in [6, 6.07) is 23.2. The Labute approximate surface area is 213 Å². The highest BCUT2D eigenvalue weighted by molar-refractivity contribution is 6.12. The fourth-order valence-electron chi connectivity index (χ4n) is 4.22. The van der Waals surface area contributed by atoms with Gasteiger partial charge in [0.05, 0.1) is 41.3 Å². The predicted molar refractivity (Wildman–Crippen MR) is 143 cm³/mol. The van der Waals surface area contributed by atoms with Gasteiger partial charge in [-0.1, -0.05) is 18.2 Å². The van der Waals surface area contributed by atoms with E-state index in [1.165, 1.54) is 13.2 Å². The van der Waals surface area contributed by atoms with Crippen molar-refractivity contribution < 1.29 is 19.2 Å². The Morgan fingerprint density at radius 2 is 1.70 bits per heavy atom. The molecule has 1 aliphatic rings. The molecule has 37 heavy (non-hydrogen) atoms. The van der Waals surface area contributed by atoms with Crippen molar-refractivity contribution in [2.24, 2.45) is 0 Å². The van der Waals surface area contributed by atoms with Gasteiger partial charge in [0.15, 0.2) is 5.75 Å². The largest absolute Gasteiger partial charge is 0.493 e. The maximum Gasteiger partial charge on any atom is 0.310 e. The van der Waals surface area contributed by atoms with Crippen molar-refractivity contribution in [1.82, 2.24) is 0 Å². The molecule has 0 unspecified atom stereocenters. The third-order valence-corrected chi connectivity index (χ3v) is 6.09. The van der Waals surface area contributed by atoms with Crippen molar-refractivity contribution in [2.45, 2.75) is 6.42 Å². The van der Waals surface area contributed by atoms with E-state index in [-0.39, 0.29) is 17.3 Å². The van der Waals surface area contributed by atoms with Crippen molar-refractivity contribution in [1.29, 1.82) is 0 Å². The van der Waals surface area contributed by atoms with Crippen molar-refractivity contribution >= 4 is 34.3 Å². The molecule has 5 rings (SSSR count). The molecule has 0 saturated heterocycles. The van der Waals surface area contributed by atoms with Crippen molar-refractivity contribution in [3.05, 3.63) is 100 Å². The molecule has 0 spiro atoms. The van der Waals surface area contributed by atoms with Gasteiger partial charge in [-0.3, -0.25) is 14.9 Å². The summed E-state index contributed by atoms with van der Waals surface area (Å²) in [5, 5.41) is 17.6. The number of nitrogens with two attached hydrogens (primary N) is 1. The van der Waals surface area contributed by atoms with Crippen LogP contribution >= 0.6 is 0 Å². The lowest BCUT2D eigenvalue weighted by Crippen LogP contribution is -2.11. The van der Waals surface area contributed by atoms with Gasteiger partial charge in [-0.25, -0.2) is 0 Å². The normalized spacial score (nSPS) is 11.9. The van der Waals surface area contributed by atoms with Crippen LogP contribution < -0.4 is 25.8 Å². The van der Waals surface area contributed by atoms with Crippen LogP contribution in [0.2, 0.25) is 0 Å². The minimum atomic E-state index is -0.486. The number of fused-ring (bicyclic) bond motifs is 2. The average molecular weight is 497 g/mol. The van der Waals surface area contributed by atoms with Crippen LogP contribution in [-0.2, 0) is 6.42 Å². The predicted octanol–water partition coefficient (Wildman–Crippen LogP) is 5.78. The van der Waals surface area contributed by atoms with Gasteiger partial charge in [0.2, 0.25) is 0 Å². The summed E-state index contributed by atoms with van der Waals surface area (Å²) in [6.45, 7) is 0.464. The van der Waals surface area contributed by atoms with Crippen LogP contribution in [0, 0.1) is 10.1 Å². The van der Waals surface area contributed by atoms with E-state index in [9.17, 15) is 14.9 Å². The third-order valence-electron chi connectivity index (χ3n) is 6.09. The number of carbonyl (C=O) groups excluding carboxylic acids is 1. The van der Waals surface area contributed by atoms with E-state index in [0.717, 1.165) is 22.4 Å². The lowest BCUT2D eigenvalue weighted by atomic mass is 10.0. The number of nitrogen functional groups attached to an aromatic ring is 1. The Morgan fingerprint density at radius 1 is 0.892 bits per heavy atom. The zero-order valence-corrected chi connectivity index (χ0v) is 20.0. The minimum absolute atomic E-state index is 0.110. The summed E-state index contributed by atoms with van der Waals surface area (Å²) in [6.07, 6.45) is 0.650. The third kappa shape index (κ3) is 5.01. The monoisotopic (exact) mass is 496 g/mol. The summed E-state index contributed by atoms with van der Waals surface area (Å²) in [5.41, 5.74) is 11.4. The first-order chi connectivity index (χ1) is 17.9. The van der Waals surface area contributed by atoms with Crippen LogP contribution in [0.1, 0.15) is 15.9 Å². The number of hydrogen-bond donors (Lipinski definition) is 3. The number of hydrogen-bond acceptors (Lipinski definition) is 7. The van der Waals surface area contributed by atoms with Crippen LogP contribution in [0.3, 0.4) is 0 Å². The molecule has 0 aliphatic carbocycles. The van der Waals surface area contributed by atoms with Gasteiger partial charge in [-0.15, -0.1) is 0 Å².